The molecule has 0 rings (SSSR count). The Kier molecular flexibility index (Phi) is 17.8. The van der Waals surface area contributed by atoms with Crippen LogP contribution in [0.2, 0.25) is 0 Å². The van der Waals surface area contributed by atoms with Gasteiger partial charge < -0.3 is 0 Å². The van der Waals surface area contributed by atoms with Crippen LogP contribution in [0.4, 0.5) is 0 Å². The summed E-state index contributed by atoms with van der Waals surface area (Å²) >= 11 is 0. The lowest BCUT2D eigenvalue weighted by Crippen LogP contribution is -2.03. The normalized spacial score (nSPS) is 16.5. The molecule has 4 atom stereocenters. The van der Waals surface area contributed by atoms with Crippen LogP contribution in [-0.2, 0) is 0 Å². The van der Waals surface area contributed by atoms with Gasteiger partial charge in [0.1, 0.15) is 0 Å². The molecule has 0 aromatic heterocycles. The maximum atomic E-state index is 2.49. The van der Waals surface area contributed by atoms with E-state index < -0.39 is 0 Å². The van der Waals surface area contributed by atoms with Crippen molar-refractivity contribution in [3.63, 3.8) is 0 Å². The van der Waals surface area contributed by atoms with E-state index in [0.717, 1.165) is 35.5 Å². The Bertz CT molecular complexity index is 284. The predicted molar refractivity (Wildman–Crippen MR) is 131 cm³/mol. The molecule has 0 saturated heterocycles. The molecule has 0 aliphatic carbocycles. The Morgan fingerprint density at radius 1 is 0.286 bits per heavy atom. The molecule has 4 unspecified atom stereocenters. The van der Waals surface area contributed by atoms with E-state index >= 15 is 0 Å². The lowest BCUT2D eigenvalue weighted by atomic mass is 9.88. The second kappa shape index (κ2) is 17.8. The maximum absolute atomic E-state index is 2.49. The van der Waals surface area contributed by atoms with Crippen LogP contribution in [0.15, 0.2) is 0 Å². The average molecular weight is 395 g/mol. The van der Waals surface area contributed by atoms with E-state index in [1.54, 1.807) is 0 Å². The zero-order valence-corrected chi connectivity index (χ0v) is 21.4. The topological polar surface area (TPSA) is 0 Å². The molecular weight excluding hydrogens is 336 g/mol. The summed E-state index contributed by atoms with van der Waals surface area (Å²) in [5.74, 6) is 5.49. The highest BCUT2D eigenvalue weighted by Crippen LogP contribution is 2.25. The Morgan fingerprint density at radius 2 is 0.500 bits per heavy atom. The molecule has 0 N–H and O–H groups in total. The van der Waals surface area contributed by atoms with Crippen molar-refractivity contribution in [2.75, 3.05) is 0 Å². The van der Waals surface area contributed by atoms with Crippen molar-refractivity contribution in [3.8, 4) is 0 Å². The fourth-order valence-corrected chi connectivity index (χ4v) is 4.53. The fraction of sp³-hybridized carbons (Fsp3) is 1.00. The Balaban J connectivity index is 3.60. The second-order valence-electron chi connectivity index (χ2n) is 11.5. The molecule has 0 aliphatic rings. The molecule has 0 aromatic carbocycles. The van der Waals surface area contributed by atoms with Gasteiger partial charge in [0.15, 0.2) is 0 Å². The van der Waals surface area contributed by atoms with E-state index in [1.807, 2.05) is 0 Å². The summed E-state index contributed by atoms with van der Waals surface area (Å²) in [5, 5.41) is 0. The van der Waals surface area contributed by atoms with Gasteiger partial charge in [-0.25, -0.2) is 0 Å². The van der Waals surface area contributed by atoms with Crippen LogP contribution >= 0.6 is 0 Å². The smallest absolute Gasteiger partial charge is 0.0443 e. The zero-order chi connectivity index (χ0) is 21.4. The van der Waals surface area contributed by atoms with Gasteiger partial charge in [0.25, 0.3) is 0 Å². The van der Waals surface area contributed by atoms with Crippen molar-refractivity contribution in [3.05, 3.63) is 0 Å². The quantitative estimate of drug-likeness (QED) is 0.204. The molecule has 0 nitrogen and oxygen atoms in total. The summed E-state index contributed by atoms with van der Waals surface area (Å²) in [6.45, 7) is 19.3. The first-order chi connectivity index (χ1) is 13.2. The summed E-state index contributed by atoms with van der Waals surface area (Å²) in [5.41, 5.74) is 0. The summed E-state index contributed by atoms with van der Waals surface area (Å²) in [6.07, 6.45) is 20.2. The van der Waals surface area contributed by atoms with Gasteiger partial charge in [0.2, 0.25) is 0 Å². The molecule has 170 valence electrons. The van der Waals surface area contributed by atoms with Gasteiger partial charge >= 0.3 is 0 Å². The highest BCUT2D eigenvalue weighted by molar-refractivity contribution is 4.63. The Hall–Kier alpha value is 0. The highest BCUT2D eigenvalue weighted by Gasteiger charge is 2.10. The molecule has 0 aromatic rings. The molecule has 0 aliphatic heterocycles. The number of hydrogen-bond acceptors (Lipinski definition) is 0. The molecule has 0 saturated carbocycles. The van der Waals surface area contributed by atoms with Crippen LogP contribution in [-0.4, -0.2) is 0 Å². The average Bonchev–Trinajstić information content (AvgIpc) is 2.59. The van der Waals surface area contributed by atoms with E-state index in [1.165, 1.54) is 89.9 Å². The van der Waals surface area contributed by atoms with E-state index in [0.29, 0.717) is 0 Å². The molecule has 28 heavy (non-hydrogen) atoms. The van der Waals surface area contributed by atoms with Crippen molar-refractivity contribution < 1.29 is 0 Å². The van der Waals surface area contributed by atoms with Crippen molar-refractivity contribution in [1.29, 1.82) is 0 Å². The van der Waals surface area contributed by atoms with Crippen molar-refractivity contribution in [2.45, 2.75) is 145 Å². The minimum absolute atomic E-state index is 0.877. The van der Waals surface area contributed by atoms with Crippen LogP contribution < -0.4 is 0 Å². The molecule has 0 heterocycles. The van der Waals surface area contributed by atoms with Gasteiger partial charge in [-0.2, -0.15) is 0 Å². The first-order valence-electron chi connectivity index (χ1n) is 13.2. The molecule has 0 spiro atoms. The van der Waals surface area contributed by atoms with Crippen LogP contribution in [0.5, 0.6) is 0 Å². The van der Waals surface area contributed by atoms with E-state index in [4.69, 9.17) is 0 Å². The summed E-state index contributed by atoms with van der Waals surface area (Å²) in [6, 6.07) is 0. The summed E-state index contributed by atoms with van der Waals surface area (Å²) < 4.78 is 0. The number of hydrogen-bond donors (Lipinski definition) is 0. The van der Waals surface area contributed by atoms with Gasteiger partial charge in [-0.1, -0.05) is 145 Å². The predicted octanol–water partition coefficient (Wildman–Crippen LogP) is 10.3. The van der Waals surface area contributed by atoms with E-state index in [9.17, 15) is 0 Å². The van der Waals surface area contributed by atoms with Crippen LogP contribution in [0.25, 0.3) is 0 Å². The minimum atomic E-state index is 0.877. The monoisotopic (exact) mass is 394 g/mol. The van der Waals surface area contributed by atoms with Gasteiger partial charge in [-0.15, -0.1) is 0 Å². The SMILES string of the molecule is CC(C)CCCC(C)CCCC(C)CCC(C)CCCC(C)CCCC(C)C. The Morgan fingerprint density at radius 3 is 0.750 bits per heavy atom. The standard InChI is InChI=1S/C28H58/c1-23(2)13-9-15-25(5)17-11-19-27(7)21-22-28(8)20-12-18-26(6)16-10-14-24(3)4/h23-28H,9-22H2,1-8H3. The first-order valence-corrected chi connectivity index (χ1v) is 13.2. The van der Waals surface area contributed by atoms with Gasteiger partial charge in [-0.05, 0) is 35.5 Å². The third-order valence-electron chi connectivity index (χ3n) is 6.90. The van der Waals surface area contributed by atoms with Crippen LogP contribution in [0, 0.1) is 35.5 Å². The fourth-order valence-electron chi connectivity index (χ4n) is 4.53. The highest BCUT2D eigenvalue weighted by atomic mass is 14.2. The third-order valence-corrected chi connectivity index (χ3v) is 6.90. The molecule has 0 bridgehead atoms. The van der Waals surface area contributed by atoms with Crippen LogP contribution in [0.3, 0.4) is 0 Å². The first kappa shape index (κ1) is 28.0. The molecule has 0 radical (unpaired) electrons. The number of rotatable bonds is 19. The van der Waals surface area contributed by atoms with Crippen LogP contribution in [0.1, 0.15) is 145 Å². The lowest BCUT2D eigenvalue weighted by molar-refractivity contribution is 0.351. The van der Waals surface area contributed by atoms with Crippen molar-refractivity contribution >= 4 is 0 Å². The largest absolute Gasteiger partial charge is 0.0628 e. The molecule has 0 amide bonds. The van der Waals surface area contributed by atoms with Crippen molar-refractivity contribution in [1.82, 2.24) is 0 Å². The van der Waals surface area contributed by atoms with Gasteiger partial charge in [0, 0.05) is 0 Å². The molecule has 0 heteroatoms. The molecular formula is C28H58. The minimum Gasteiger partial charge on any atom is -0.0628 e. The summed E-state index contributed by atoms with van der Waals surface area (Å²) in [4.78, 5) is 0. The van der Waals surface area contributed by atoms with Gasteiger partial charge in [-0.3, -0.25) is 0 Å². The molecule has 0 fully saturated rings. The summed E-state index contributed by atoms with van der Waals surface area (Å²) in [7, 11) is 0. The lowest BCUT2D eigenvalue weighted by Gasteiger charge is -2.18. The third kappa shape index (κ3) is 19.3. The second-order valence-corrected chi connectivity index (χ2v) is 11.5. The van der Waals surface area contributed by atoms with Crippen molar-refractivity contribution in [2.24, 2.45) is 35.5 Å². The van der Waals surface area contributed by atoms with E-state index in [2.05, 4.69) is 55.4 Å². The zero-order valence-electron chi connectivity index (χ0n) is 21.4. The maximum Gasteiger partial charge on any atom is -0.0443 e. The van der Waals surface area contributed by atoms with E-state index in [-0.39, 0.29) is 0 Å². The van der Waals surface area contributed by atoms with Gasteiger partial charge in [0.05, 0.1) is 0 Å². The Labute approximate surface area is 181 Å².